The molecule has 2 rings (SSSR count). The number of hydrogen-bond acceptors (Lipinski definition) is 4. The lowest BCUT2D eigenvalue weighted by atomic mass is 9.99. The number of nitrogen functional groups attached to an aromatic ring is 1. The fraction of sp³-hybridized carbons (Fsp3) is 0.0769. The molecule has 0 saturated carbocycles. The lowest BCUT2D eigenvalue weighted by Gasteiger charge is -2.12. The smallest absolute Gasteiger partial charge is 0.265 e. The van der Waals surface area contributed by atoms with Crippen molar-refractivity contribution in [1.82, 2.24) is 10.4 Å². The van der Waals surface area contributed by atoms with Crippen LogP contribution in [0.1, 0.15) is 10.4 Å². The number of carbonyl (C=O) groups is 1. The Labute approximate surface area is 105 Å². The molecule has 0 radical (unpaired) electrons. The average molecular weight is 243 g/mol. The first-order valence-corrected chi connectivity index (χ1v) is 5.36. The van der Waals surface area contributed by atoms with Crippen molar-refractivity contribution in [3.8, 4) is 16.9 Å². The number of amides is 1. The van der Waals surface area contributed by atoms with E-state index in [-0.39, 0.29) is 5.91 Å². The highest BCUT2D eigenvalue weighted by atomic mass is 16.5. The number of hydrazine groups is 1. The van der Waals surface area contributed by atoms with E-state index in [4.69, 9.17) is 10.6 Å². The minimum absolute atomic E-state index is 0.360. The zero-order chi connectivity index (χ0) is 13.0. The first-order chi connectivity index (χ1) is 8.77. The Bertz CT molecular complexity index is 555. The summed E-state index contributed by atoms with van der Waals surface area (Å²) < 4.78 is 5.29. The van der Waals surface area contributed by atoms with Crippen LogP contribution < -0.4 is 16.0 Å². The number of pyridine rings is 1. The molecule has 1 heterocycles. The summed E-state index contributed by atoms with van der Waals surface area (Å²) in [7, 11) is 1.56. The topological polar surface area (TPSA) is 77.2 Å². The molecule has 3 N–H and O–H groups in total. The summed E-state index contributed by atoms with van der Waals surface area (Å²) in [5.41, 5.74) is 4.14. The quantitative estimate of drug-likeness (QED) is 0.485. The molecule has 5 heteroatoms. The number of carbonyl (C=O) groups excluding carboxylic acids is 1. The minimum Gasteiger partial charge on any atom is -0.496 e. The van der Waals surface area contributed by atoms with Crippen molar-refractivity contribution in [3.63, 3.8) is 0 Å². The van der Waals surface area contributed by atoms with Crippen molar-refractivity contribution in [3.05, 3.63) is 48.3 Å². The molecule has 5 nitrogen and oxygen atoms in total. The number of aromatic nitrogens is 1. The molecule has 92 valence electrons. The van der Waals surface area contributed by atoms with E-state index in [1.165, 1.54) is 0 Å². The van der Waals surface area contributed by atoms with Gasteiger partial charge in [0.25, 0.3) is 5.91 Å². The number of nitrogens with one attached hydrogen (secondary N) is 1. The molecule has 0 spiro atoms. The van der Waals surface area contributed by atoms with E-state index in [1.807, 2.05) is 12.1 Å². The van der Waals surface area contributed by atoms with Gasteiger partial charge in [-0.25, -0.2) is 5.84 Å². The number of rotatable bonds is 3. The Morgan fingerprint density at radius 1 is 1.28 bits per heavy atom. The summed E-state index contributed by atoms with van der Waals surface area (Å²) in [5.74, 6) is 5.44. The SMILES string of the molecule is COc1cccc(C(=O)NN)c1-c1ccncc1. The zero-order valence-corrected chi connectivity index (χ0v) is 9.88. The third-order valence-corrected chi connectivity index (χ3v) is 2.59. The monoisotopic (exact) mass is 243 g/mol. The predicted molar refractivity (Wildman–Crippen MR) is 67.9 cm³/mol. The van der Waals surface area contributed by atoms with Gasteiger partial charge < -0.3 is 4.74 Å². The molecule has 0 aliphatic carbocycles. The van der Waals surface area contributed by atoms with Gasteiger partial charge >= 0.3 is 0 Å². The summed E-state index contributed by atoms with van der Waals surface area (Å²) in [6, 6.07) is 8.86. The summed E-state index contributed by atoms with van der Waals surface area (Å²) in [6.45, 7) is 0. The Balaban J connectivity index is 2.66. The molecule has 1 aromatic heterocycles. The van der Waals surface area contributed by atoms with E-state index in [9.17, 15) is 4.79 Å². The maximum Gasteiger partial charge on any atom is 0.265 e. The van der Waals surface area contributed by atoms with Crippen LogP contribution in [0.2, 0.25) is 0 Å². The number of nitrogens with two attached hydrogens (primary N) is 1. The molecule has 0 unspecified atom stereocenters. The van der Waals surface area contributed by atoms with Crippen LogP contribution >= 0.6 is 0 Å². The standard InChI is InChI=1S/C13H13N3O2/c1-18-11-4-2-3-10(13(17)16-14)12(11)9-5-7-15-8-6-9/h2-8H,14H2,1H3,(H,16,17). The Hall–Kier alpha value is -2.40. The van der Waals surface area contributed by atoms with Crippen molar-refractivity contribution in [1.29, 1.82) is 0 Å². The van der Waals surface area contributed by atoms with Crippen LogP contribution in [-0.4, -0.2) is 18.0 Å². The van der Waals surface area contributed by atoms with Crippen molar-refractivity contribution in [2.45, 2.75) is 0 Å². The van der Waals surface area contributed by atoms with E-state index in [0.29, 0.717) is 16.9 Å². The molecule has 18 heavy (non-hydrogen) atoms. The fourth-order valence-electron chi connectivity index (χ4n) is 1.78. The molecule has 0 aliphatic rings. The molecule has 1 aromatic carbocycles. The van der Waals surface area contributed by atoms with Gasteiger partial charge in [0.2, 0.25) is 0 Å². The summed E-state index contributed by atoms with van der Waals surface area (Å²) >= 11 is 0. The van der Waals surface area contributed by atoms with Gasteiger partial charge in [0.15, 0.2) is 0 Å². The van der Waals surface area contributed by atoms with E-state index in [2.05, 4.69) is 10.4 Å². The zero-order valence-electron chi connectivity index (χ0n) is 9.88. The molecule has 2 aromatic rings. The molecule has 0 saturated heterocycles. The number of nitrogens with zero attached hydrogens (tertiary/aromatic N) is 1. The summed E-state index contributed by atoms with van der Waals surface area (Å²) in [4.78, 5) is 15.7. The van der Waals surface area contributed by atoms with Gasteiger partial charge in [-0.3, -0.25) is 15.2 Å². The number of methoxy groups -OCH3 is 1. The largest absolute Gasteiger partial charge is 0.496 e. The van der Waals surface area contributed by atoms with Gasteiger partial charge in [0, 0.05) is 18.0 Å². The first kappa shape index (κ1) is 12.1. The lowest BCUT2D eigenvalue weighted by molar-refractivity contribution is 0.0954. The third-order valence-electron chi connectivity index (χ3n) is 2.59. The maximum atomic E-state index is 11.8. The highest BCUT2D eigenvalue weighted by molar-refractivity contribution is 6.02. The van der Waals surface area contributed by atoms with Crippen molar-refractivity contribution in [2.75, 3.05) is 7.11 Å². The Kier molecular flexibility index (Phi) is 3.54. The van der Waals surface area contributed by atoms with Gasteiger partial charge in [0.1, 0.15) is 5.75 Å². The van der Waals surface area contributed by atoms with E-state index >= 15 is 0 Å². The number of hydrogen-bond donors (Lipinski definition) is 2. The third kappa shape index (κ3) is 2.16. The molecule has 1 amide bonds. The molecule has 0 fully saturated rings. The lowest BCUT2D eigenvalue weighted by Crippen LogP contribution is -2.30. The predicted octanol–water partition coefficient (Wildman–Crippen LogP) is 1.36. The van der Waals surface area contributed by atoms with Crippen LogP contribution in [0.25, 0.3) is 11.1 Å². The van der Waals surface area contributed by atoms with Gasteiger partial charge in [-0.2, -0.15) is 0 Å². The van der Waals surface area contributed by atoms with Crippen LogP contribution in [0.15, 0.2) is 42.7 Å². The summed E-state index contributed by atoms with van der Waals surface area (Å²) in [6.07, 6.45) is 3.32. The van der Waals surface area contributed by atoms with Crippen molar-refractivity contribution >= 4 is 5.91 Å². The molecule has 0 bridgehead atoms. The van der Waals surface area contributed by atoms with Crippen LogP contribution in [0.3, 0.4) is 0 Å². The molecule has 0 atom stereocenters. The highest BCUT2D eigenvalue weighted by Gasteiger charge is 2.16. The second-order valence-electron chi connectivity index (χ2n) is 3.59. The molecular weight excluding hydrogens is 230 g/mol. The average Bonchev–Trinajstić information content (AvgIpc) is 2.46. The van der Waals surface area contributed by atoms with Crippen LogP contribution in [0.4, 0.5) is 0 Å². The van der Waals surface area contributed by atoms with Gasteiger partial charge in [-0.05, 0) is 29.8 Å². The van der Waals surface area contributed by atoms with Gasteiger partial charge in [-0.15, -0.1) is 0 Å². The number of benzene rings is 1. The van der Waals surface area contributed by atoms with Crippen LogP contribution in [0, 0.1) is 0 Å². The van der Waals surface area contributed by atoms with E-state index in [0.717, 1.165) is 5.56 Å². The minimum atomic E-state index is -0.360. The Morgan fingerprint density at radius 2 is 2.00 bits per heavy atom. The van der Waals surface area contributed by atoms with Crippen LogP contribution in [-0.2, 0) is 0 Å². The Morgan fingerprint density at radius 3 is 2.61 bits per heavy atom. The fourth-order valence-corrected chi connectivity index (χ4v) is 1.78. The summed E-state index contributed by atoms with van der Waals surface area (Å²) in [5, 5.41) is 0. The normalized spacial score (nSPS) is 9.89. The second kappa shape index (κ2) is 5.29. The van der Waals surface area contributed by atoms with E-state index < -0.39 is 0 Å². The van der Waals surface area contributed by atoms with Gasteiger partial charge in [0.05, 0.1) is 12.7 Å². The highest BCUT2D eigenvalue weighted by Crippen LogP contribution is 2.32. The second-order valence-corrected chi connectivity index (χ2v) is 3.59. The van der Waals surface area contributed by atoms with Gasteiger partial charge in [-0.1, -0.05) is 6.07 Å². The van der Waals surface area contributed by atoms with Crippen molar-refractivity contribution in [2.24, 2.45) is 5.84 Å². The van der Waals surface area contributed by atoms with Crippen LogP contribution in [0.5, 0.6) is 5.75 Å². The first-order valence-electron chi connectivity index (χ1n) is 5.36. The maximum absolute atomic E-state index is 11.8. The molecule has 0 aliphatic heterocycles. The van der Waals surface area contributed by atoms with Crippen molar-refractivity contribution < 1.29 is 9.53 Å². The molecular formula is C13H13N3O2. The van der Waals surface area contributed by atoms with E-state index in [1.54, 1.807) is 37.7 Å². The number of ether oxygens (including phenoxy) is 1.